The molecule has 1 unspecified atom stereocenters. The molecule has 0 aliphatic heterocycles. The first-order valence-electron chi connectivity index (χ1n) is 7.84. The van der Waals surface area contributed by atoms with E-state index in [0.717, 1.165) is 51.6 Å². The van der Waals surface area contributed by atoms with Gasteiger partial charge in [0.1, 0.15) is 0 Å². The van der Waals surface area contributed by atoms with Gasteiger partial charge in [0.15, 0.2) is 0 Å². The minimum atomic E-state index is 0.0952. The molecule has 20 heavy (non-hydrogen) atoms. The summed E-state index contributed by atoms with van der Waals surface area (Å²) >= 11 is 0. The number of aromatic nitrogens is 1. The Balaban J connectivity index is 2.22. The Bertz CT molecular complexity index is 482. The van der Waals surface area contributed by atoms with Gasteiger partial charge in [-0.25, -0.2) is 0 Å². The number of hydrogen-bond acceptors (Lipinski definition) is 3. The highest BCUT2D eigenvalue weighted by Gasteiger charge is 2.22. The van der Waals surface area contributed by atoms with E-state index >= 15 is 0 Å². The van der Waals surface area contributed by atoms with Gasteiger partial charge in [-0.05, 0) is 50.6 Å². The first-order valence-corrected chi connectivity index (χ1v) is 7.84. The summed E-state index contributed by atoms with van der Waals surface area (Å²) in [6.07, 6.45) is 6.03. The van der Waals surface area contributed by atoms with Crippen LogP contribution in [0.25, 0.3) is 0 Å². The maximum absolute atomic E-state index is 12.1. The molecule has 0 amide bonds. The number of pyridine rings is 1. The highest BCUT2D eigenvalue weighted by Crippen LogP contribution is 2.28. The Labute approximate surface area is 120 Å². The maximum Gasteiger partial charge on any atom is 0.250 e. The van der Waals surface area contributed by atoms with Crippen LogP contribution < -0.4 is 10.9 Å². The van der Waals surface area contributed by atoms with Crippen LogP contribution in [0.15, 0.2) is 16.9 Å². The van der Waals surface area contributed by atoms with Crippen LogP contribution in [0.5, 0.6) is 0 Å². The van der Waals surface area contributed by atoms with Crippen LogP contribution in [-0.4, -0.2) is 22.8 Å². The Morgan fingerprint density at radius 2 is 2.25 bits per heavy atom. The molecule has 1 aliphatic carbocycles. The summed E-state index contributed by atoms with van der Waals surface area (Å²) in [7, 11) is 0. The van der Waals surface area contributed by atoms with Crippen molar-refractivity contribution >= 4 is 0 Å². The molecule has 0 saturated heterocycles. The second kappa shape index (κ2) is 7.60. The zero-order valence-corrected chi connectivity index (χ0v) is 12.4. The number of fused-ring (bicyclic) bond motifs is 1. The monoisotopic (exact) mass is 278 g/mol. The zero-order chi connectivity index (χ0) is 14.4. The maximum atomic E-state index is 12.1. The third-order valence-electron chi connectivity index (χ3n) is 4.04. The summed E-state index contributed by atoms with van der Waals surface area (Å²) in [5, 5.41) is 12.5. The summed E-state index contributed by atoms with van der Waals surface area (Å²) < 4.78 is 1.92. The first kappa shape index (κ1) is 15.3. The van der Waals surface area contributed by atoms with Gasteiger partial charge >= 0.3 is 0 Å². The molecule has 0 aromatic carbocycles. The minimum Gasteiger partial charge on any atom is -0.396 e. The normalized spacial score (nSPS) is 18.0. The van der Waals surface area contributed by atoms with Crippen molar-refractivity contribution in [1.29, 1.82) is 0 Å². The average molecular weight is 278 g/mol. The van der Waals surface area contributed by atoms with Gasteiger partial charge in [0.25, 0.3) is 5.56 Å². The second-order valence-electron chi connectivity index (χ2n) is 5.55. The molecular weight excluding hydrogens is 252 g/mol. The van der Waals surface area contributed by atoms with Crippen molar-refractivity contribution in [2.24, 2.45) is 0 Å². The predicted molar refractivity (Wildman–Crippen MR) is 81.0 cm³/mol. The van der Waals surface area contributed by atoms with E-state index in [0.29, 0.717) is 6.04 Å². The molecule has 1 heterocycles. The van der Waals surface area contributed by atoms with Crippen LogP contribution in [0.2, 0.25) is 0 Å². The standard InChI is InChI=1S/C16H26N2O2/c1-2-10-17-14-6-5-7-15-13(14)8-9-16(20)18(15)11-3-4-12-19/h8-9,14,17,19H,2-7,10-12H2,1H3. The molecule has 0 radical (unpaired) electrons. The van der Waals surface area contributed by atoms with E-state index in [1.807, 2.05) is 10.6 Å². The van der Waals surface area contributed by atoms with E-state index in [4.69, 9.17) is 5.11 Å². The molecular formula is C16H26N2O2. The molecule has 0 saturated carbocycles. The van der Waals surface area contributed by atoms with Crippen LogP contribution in [0.4, 0.5) is 0 Å². The van der Waals surface area contributed by atoms with Crippen LogP contribution in [0.3, 0.4) is 0 Å². The molecule has 4 heteroatoms. The van der Waals surface area contributed by atoms with Gasteiger partial charge in [-0.3, -0.25) is 4.79 Å². The lowest BCUT2D eigenvalue weighted by molar-refractivity contribution is 0.280. The van der Waals surface area contributed by atoms with Crippen LogP contribution >= 0.6 is 0 Å². The van der Waals surface area contributed by atoms with Crippen molar-refractivity contribution in [2.45, 2.75) is 58.0 Å². The number of nitrogens with one attached hydrogen (secondary N) is 1. The minimum absolute atomic E-state index is 0.0952. The second-order valence-corrected chi connectivity index (χ2v) is 5.55. The smallest absolute Gasteiger partial charge is 0.250 e. The lowest BCUT2D eigenvalue weighted by Gasteiger charge is -2.28. The largest absolute Gasteiger partial charge is 0.396 e. The predicted octanol–water partition coefficient (Wildman–Crippen LogP) is 2.00. The Kier molecular flexibility index (Phi) is 5.80. The molecule has 1 aliphatic rings. The molecule has 0 fully saturated rings. The van der Waals surface area contributed by atoms with Crippen LogP contribution in [0.1, 0.15) is 56.3 Å². The van der Waals surface area contributed by atoms with E-state index in [1.54, 1.807) is 6.07 Å². The fourth-order valence-electron chi connectivity index (χ4n) is 3.02. The Hall–Kier alpha value is -1.13. The van der Waals surface area contributed by atoms with Gasteiger partial charge in [0, 0.05) is 31.0 Å². The highest BCUT2D eigenvalue weighted by atomic mass is 16.2. The molecule has 0 spiro atoms. The molecule has 0 bridgehead atoms. The molecule has 112 valence electrons. The van der Waals surface area contributed by atoms with E-state index < -0.39 is 0 Å². The van der Waals surface area contributed by atoms with E-state index in [2.05, 4.69) is 12.2 Å². The number of hydrogen-bond donors (Lipinski definition) is 2. The van der Waals surface area contributed by atoms with Crippen molar-refractivity contribution < 1.29 is 5.11 Å². The fourth-order valence-corrected chi connectivity index (χ4v) is 3.02. The van der Waals surface area contributed by atoms with Crippen LogP contribution in [-0.2, 0) is 13.0 Å². The number of unbranched alkanes of at least 4 members (excludes halogenated alkanes) is 1. The van der Waals surface area contributed by atoms with Gasteiger partial charge in [-0.1, -0.05) is 13.0 Å². The first-order chi connectivity index (χ1) is 9.77. The topological polar surface area (TPSA) is 54.3 Å². The van der Waals surface area contributed by atoms with E-state index in [1.165, 1.54) is 11.3 Å². The van der Waals surface area contributed by atoms with Gasteiger partial charge in [0.2, 0.25) is 0 Å². The van der Waals surface area contributed by atoms with Gasteiger partial charge in [-0.15, -0.1) is 0 Å². The van der Waals surface area contributed by atoms with Gasteiger partial charge in [-0.2, -0.15) is 0 Å². The SMILES string of the molecule is CCCNC1CCCc2c1ccc(=O)n2CCCCO. The summed E-state index contributed by atoms with van der Waals surface area (Å²) in [4.78, 5) is 12.1. The summed E-state index contributed by atoms with van der Waals surface area (Å²) in [5.74, 6) is 0. The van der Waals surface area contributed by atoms with Crippen molar-refractivity contribution in [2.75, 3.05) is 13.2 Å². The zero-order valence-electron chi connectivity index (χ0n) is 12.4. The number of rotatable bonds is 7. The molecule has 1 atom stereocenters. The van der Waals surface area contributed by atoms with Crippen molar-refractivity contribution in [3.63, 3.8) is 0 Å². The number of nitrogens with zero attached hydrogens (tertiary/aromatic N) is 1. The van der Waals surface area contributed by atoms with Gasteiger partial charge < -0.3 is 15.0 Å². The molecule has 2 rings (SSSR count). The fraction of sp³-hybridized carbons (Fsp3) is 0.688. The lowest BCUT2D eigenvalue weighted by atomic mass is 9.90. The lowest BCUT2D eigenvalue weighted by Crippen LogP contribution is -2.32. The highest BCUT2D eigenvalue weighted by molar-refractivity contribution is 5.27. The summed E-state index contributed by atoms with van der Waals surface area (Å²) in [5.41, 5.74) is 2.60. The van der Waals surface area contributed by atoms with Crippen LogP contribution in [0, 0.1) is 0 Å². The summed E-state index contributed by atoms with van der Waals surface area (Å²) in [6, 6.07) is 4.10. The molecule has 1 aromatic rings. The third kappa shape index (κ3) is 3.49. The van der Waals surface area contributed by atoms with Crippen molar-refractivity contribution in [3.05, 3.63) is 33.7 Å². The average Bonchev–Trinajstić information content (AvgIpc) is 2.47. The van der Waals surface area contributed by atoms with E-state index in [-0.39, 0.29) is 12.2 Å². The summed E-state index contributed by atoms with van der Waals surface area (Å²) in [6.45, 7) is 4.12. The quantitative estimate of drug-likeness (QED) is 0.750. The Morgan fingerprint density at radius 1 is 1.40 bits per heavy atom. The van der Waals surface area contributed by atoms with Crippen molar-refractivity contribution in [1.82, 2.24) is 9.88 Å². The van der Waals surface area contributed by atoms with Gasteiger partial charge in [0.05, 0.1) is 0 Å². The molecule has 2 N–H and O–H groups in total. The molecule has 1 aromatic heterocycles. The molecule has 4 nitrogen and oxygen atoms in total. The number of aliphatic hydroxyl groups is 1. The number of aliphatic hydroxyl groups excluding tert-OH is 1. The third-order valence-corrected chi connectivity index (χ3v) is 4.04. The van der Waals surface area contributed by atoms with E-state index in [9.17, 15) is 4.79 Å². The Morgan fingerprint density at radius 3 is 3.00 bits per heavy atom. The van der Waals surface area contributed by atoms with Crippen molar-refractivity contribution in [3.8, 4) is 0 Å².